The SMILES string of the molecule is CCN1CC[C@]2(CN(C(=O)Cc3ccccc3C)CC(F)(F)C2)C1=O. The zero-order valence-corrected chi connectivity index (χ0v) is 14.7. The van der Waals surface area contributed by atoms with Crippen molar-refractivity contribution in [3.8, 4) is 0 Å². The molecule has 0 bridgehead atoms. The van der Waals surface area contributed by atoms with Crippen molar-refractivity contribution in [1.29, 1.82) is 0 Å². The Balaban J connectivity index is 1.81. The van der Waals surface area contributed by atoms with Gasteiger partial charge in [-0.1, -0.05) is 24.3 Å². The number of carbonyl (C=O) groups excluding carboxylic acids is 2. The summed E-state index contributed by atoms with van der Waals surface area (Å²) in [4.78, 5) is 28.1. The number of hydrogen-bond acceptors (Lipinski definition) is 2. The van der Waals surface area contributed by atoms with Gasteiger partial charge in [0.2, 0.25) is 11.8 Å². The molecule has 1 atom stereocenters. The number of benzene rings is 1. The van der Waals surface area contributed by atoms with Crippen LogP contribution in [0.5, 0.6) is 0 Å². The van der Waals surface area contributed by atoms with Gasteiger partial charge in [-0.2, -0.15) is 0 Å². The highest BCUT2D eigenvalue weighted by Crippen LogP contribution is 2.45. The second-order valence-electron chi connectivity index (χ2n) is 7.30. The molecule has 0 aromatic heterocycles. The van der Waals surface area contributed by atoms with Gasteiger partial charge in [0.15, 0.2) is 0 Å². The quantitative estimate of drug-likeness (QED) is 0.841. The Labute approximate surface area is 146 Å². The first-order valence-corrected chi connectivity index (χ1v) is 8.76. The molecule has 2 amide bonds. The monoisotopic (exact) mass is 350 g/mol. The van der Waals surface area contributed by atoms with Gasteiger partial charge in [-0.05, 0) is 31.4 Å². The van der Waals surface area contributed by atoms with Gasteiger partial charge >= 0.3 is 0 Å². The van der Waals surface area contributed by atoms with Crippen molar-refractivity contribution in [2.75, 3.05) is 26.2 Å². The van der Waals surface area contributed by atoms with Gasteiger partial charge in [0.05, 0.1) is 18.4 Å². The minimum absolute atomic E-state index is 0.0878. The van der Waals surface area contributed by atoms with Crippen LogP contribution in [0, 0.1) is 12.3 Å². The van der Waals surface area contributed by atoms with Gasteiger partial charge in [0, 0.05) is 26.1 Å². The molecule has 3 rings (SSSR count). The molecule has 2 heterocycles. The van der Waals surface area contributed by atoms with Gasteiger partial charge in [-0.3, -0.25) is 9.59 Å². The van der Waals surface area contributed by atoms with Crippen LogP contribution in [0.4, 0.5) is 8.78 Å². The molecule has 1 aromatic rings. The highest BCUT2D eigenvalue weighted by Gasteiger charge is 2.57. The Hall–Kier alpha value is -1.98. The second-order valence-corrected chi connectivity index (χ2v) is 7.30. The number of nitrogens with zero attached hydrogens (tertiary/aromatic N) is 2. The van der Waals surface area contributed by atoms with Crippen molar-refractivity contribution in [3.05, 3.63) is 35.4 Å². The van der Waals surface area contributed by atoms with E-state index >= 15 is 0 Å². The van der Waals surface area contributed by atoms with Crippen LogP contribution in [0.3, 0.4) is 0 Å². The van der Waals surface area contributed by atoms with Crippen LogP contribution in [-0.4, -0.2) is 53.7 Å². The summed E-state index contributed by atoms with van der Waals surface area (Å²) in [5.74, 6) is -3.60. The molecule has 0 saturated carbocycles. The highest BCUT2D eigenvalue weighted by molar-refractivity contribution is 5.87. The predicted molar refractivity (Wildman–Crippen MR) is 90.3 cm³/mol. The Morgan fingerprint density at radius 3 is 2.60 bits per heavy atom. The third kappa shape index (κ3) is 3.39. The molecule has 2 aliphatic rings. The van der Waals surface area contributed by atoms with Crippen LogP contribution in [0.2, 0.25) is 0 Å². The maximum Gasteiger partial charge on any atom is 0.266 e. The fourth-order valence-electron chi connectivity index (χ4n) is 4.07. The lowest BCUT2D eigenvalue weighted by molar-refractivity contribution is -0.162. The molecule has 1 aromatic carbocycles. The van der Waals surface area contributed by atoms with Crippen LogP contribution in [0.25, 0.3) is 0 Å². The van der Waals surface area contributed by atoms with E-state index in [1.807, 2.05) is 38.1 Å². The molecule has 6 heteroatoms. The summed E-state index contributed by atoms with van der Waals surface area (Å²) in [6.45, 7) is 4.25. The fourth-order valence-corrected chi connectivity index (χ4v) is 4.07. The van der Waals surface area contributed by atoms with Gasteiger partial charge in [-0.15, -0.1) is 0 Å². The molecule has 0 aliphatic carbocycles. The van der Waals surface area contributed by atoms with Crippen LogP contribution in [0.15, 0.2) is 24.3 Å². The standard InChI is InChI=1S/C19H24F2N2O2/c1-3-22-9-8-18(17(22)25)11-19(20,21)13-23(12-18)16(24)10-15-7-5-4-6-14(15)2/h4-7H,3,8-13H2,1-2H3/t18-/m0/s1. The van der Waals surface area contributed by atoms with Crippen molar-refractivity contribution in [2.45, 2.75) is 39.0 Å². The molecule has 2 aliphatic heterocycles. The number of aryl methyl sites for hydroxylation is 1. The zero-order valence-electron chi connectivity index (χ0n) is 14.7. The number of amides is 2. The highest BCUT2D eigenvalue weighted by atomic mass is 19.3. The summed E-state index contributed by atoms with van der Waals surface area (Å²) in [7, 11) is 0. The number of carbonyl (C=O) groups is 2. The van der Waals surface area contributed by atoms with Gasteiger partial charge < -0.3 is 9.80 Å². The third-order valence-electron chi connectivity index (χ3n) is 5.45. The van der Waals surface area contributed by atoms with Crippen molar-refractivity contribution >= 4 is 11.8 Å². The lowest BCUT2D eigenvalue weighted by Gasteiger charge is -2.43. The van der Waals surface area contributed by atoms with E-state index in [-0.39, 0.29) is 24.8 Å². The van der Waals surface area contributed by atoms with E-state index in [0.29, 0.717) is 19.5 Å². The average Bonchev–Trinajstić information content (AvgIpc) is 2.83. The molecule has 2 fully saturated rings. The van der Waals surface area contributed by atoms with Crippen molar-refractivity contribution in [3.63, 3.8) is 0 Å². The number of alkyl halides is 2. The predicted octanol–water partition coefficient (Wildman–Crippen LogP) is 2.64. The summed E-state index contributed by atoms with van der Waals surface area (Å²) in [6, 6.07) is 7.45. The van der Waals surface area contributed by atoms with E-state index in [4.69, 9.17) is 0 Å². The van der Waals surface area contributed by atoms with Crippen molar-refractivity contribution in [1.82, 2.24) is 9.80 Å². The molecule has 1 spiro atoms. The molecule has 2 saturated heterocycles. The first-order valence-electron chi connectivity index (χ1n) is 8.76. The Bertz CT molecular complexity index is 692. The normalized spacial score (nSPS) is 25.7. The summed E-state index contributed by atoms with van der Waals surface area (Å²) >= 11 is 0. The Morgan fingerprint density at radius 2 is 1.96 bits per heavy atom. The van der Waals surface area contributed by atoms with E-state index < -0.39 is 24.3 Å². The van der Waals surface area contributed by atoms with E-state index in [1.165, 1.54) is 4.90 Å². The lowest BCUT2D eigenvalue weighted by atomic mass is 9.76. The van der Waals surface area contributed by atoms with Gasteiger partial charge in [0.1, 0.15) is 0 Å². The largest absolute Gasteiger partial charge is 0.342 e. The first-order chi connectivity index (χ1) is 11.8. The number of halogens is 2. The van der Waals surface area contributed by atoms with Crippen LogP contribution in [0.1, 0.15) is 30.9 Å². The molecular weight excluding hydrogens is 326 g/mol. The van der Waals surface area contributed by atoms with Crippen molar-refractivity contribution in [2.24, 2.45) is 5.41 Å². The summed E-state index contributed by atoms with van der Waals surface area (Å²) in [6.07, 6.45) is 0.0252. The molecule has 136 valence electrons. The van der Waals surface area contributed by atoms with E-state index in [1.54, 1.807) is 4.90 Å². The number of piperidine rings is 1. The number of likely N-dealkylation sites (tertiary alicyclic amines) is 2. The van der Waals surface area contributed by atoms with E-state index in [2.05, 4.69) is 0 Å². The topological polar surface area (TPSA) is 40.6 Å². The van der Waals surface area contributed by atoms with Gasteiger partial charge in [-0.25, -0.2) is 8.78 Å². The third-order valence-corrected chi connectivity index (χ3v) is 5.45. The van der Waals surface area contributed by atoms with Crippen LogP contribution >= 0.6 is 0 Å². The smallest absolute Gasteiger partial charge is 0.266 e. The minimum Gasteiger partial charge on any atom is -0.342 e. The molecule has 0 N–H and O–H groups in total. The summed E-state index contributed by atoms with van der Waals surface area (Å²) in [5, 5.41) is 0. The number of rotatable bonds is 3. The Kier molecular flexibility index (Phi) is 4.56. The second kappa shape index (κ2) is 6.39. The molecule has 0 unspecified atom stereocenters. The van der Waals surface area contributed by atoms with Gasteiger partial charge in [0.25, 0.3) is 5.92 Å². The average molecular weight is 350 g/mol. The summed E-state index contributed by atoms with van der Waals surface area (Å²) < 4.78 is 28.7. The molecule has 25 heavy (non-hydrogen) atoms. The maximum absolute atomic E-state index is 14.4. The lowest BCUT2D eigenvalue weighted by Crippen LogP contribution is -2.57. The Morgan fingerprint density at radius 1 is 1.24 bits per heavy atom. The fraction of sp³-hybridized carbons (Fsp3) is 0.579. The van der Waals surface area contributed by atoms with Crippen LogP contribution < -0.4 is 0 Å². The van der Waals surface area contributed by atoms with E-state index in [0.717, 1.165) is 11.1 Å². The molecular formula is C19H24F2N2O2. The van der Waals surface area contributed by atoms with Crippen molar-refractivity contribution < 1.29 is 18.4 Å². The van der Waals surface area contributed by atoms with E-state index in [9.17, 15) is 18.4 Å². The first kappa shape index (κ1) is 17.8. The zero-order chi connectivity index (χ0) is 18.2. The molecule has 4 nitrogen and oxygen atoms in total. The summed E-state index contributed by atoms with van der Waals surface area (Å²) in [5.41, 5.74) is 0.672. The minimum atomic E-state index is -3.03. The molecule has 0 radical (unpaired) electrons. The van der Waals surface area contributed by atoms with Crippen LogP contribution in [-0.2, 0) is 16.0 Å². The number of hydrogen-bond donors (Lipinski definition) is 0. The maximum atomic E-state index is 14.4.